The highest BCUT2D eigenvalue weighted by Gasteiger charge is 2.81. The number of carbonyl (C=O) groups excluding carboxylic acids is 4. The molecule has 4 bridgehead atoms. The molecule has 2 aromatic rings. The van der Waals surface area contributed by atoms with E-state index in [0.29, 0.717) is 24.8 Å². The van der Waals surface area contributed by atoms with E-state index in [1.165, 1.54) is 6.92 Å². The van der Waals surface area contributed by atoms with Crippen molar-refractivity contribution in [3.8, 4) is 17.2 Å². The number of fused-ring (bicyclic) bond motifs is 2. The van der Waals surface area contributed by atoms with Gasteiger partial charge in [-0.1, -0.05) is 65.8 Å². The number of ketones is 2. The molecule has 6 aliphatic rings. The third-order valence-corrected chi connectivity index (χ3v) is 13.0. The molecule has 0 aromatic heterocycles. The van der Waals surface area contributed by atoms with E-state index < -0.39 is 65.8 Å². The molecule has 8 rings (SSSR count). The smallest absolute Gasteiger partial charge is 0.482 e. The lowest BCUT2D eigenvalue weighted by Gasteiger charge is -2.56. The molecule has 3 N–H and O–H groups in total. The number of allylic oxidation sites excluding steroid dienone is 5. The quantitative estimate of drug-likeness (QED) is 0.0718. The van der Waals surface area contributed by atoms with Gasteiger partial charge in [0, 0.05) is 35.0 Å². The summed E-state index contributed by atoms with van der Waals surface area (Å²) in [5.41, 5.74) is -1.77. The van der Waals surface area contributed by atoms with Crippen molar-refractivity contribution in [3.63, 3.8) is 0 Å². The van der Waals surface area contributed by atoms with Crippen LogP contribution in [-0.2, 0) is 41.5 Å². The van der Waals surface area contributed by atoms with Gasteiger partial charge in [0.1, 0.15) is 35.3 Å². The van der Waals surface area contributed by atoms with E-state index in [1.54, 1.807) is 31.2 Å². The summed E-state index contributed by atoms with van der Waals surface area (Å²) < 4.78 is 44.5. The SMILES string of the molecule is CC(C)=CCCC1(C)C=Cc2c(c(CC=C(C)C)c3c(c2OP(=O)(O)O)C(=O)C2=CC4CC5C(C)(C)OC(C/C=C(/C)C(=O)NC(C)C(=O)OCc6ccccc6)(C4=O)C25O3)O1. The number of ether oxygens (including phenoxy) is 4. The number of amides is 1. The van der Waals surface area contributed by atoms with Crippen molar-refractivity contribution in [2.45, 2.75) is 129 Å². The Morgan fingerprint density at radius 2 is 1.68 bits per heavy atom. The van der Waals surface area contributed by atoms with Crippen molar-refractivity contribution < 1.29 is 57.0 Å². The zero-order valence-corrected chi connectivity index (χ0v) is 37.6. The van der Waals surface area contributed by atoms with Gasteiger partial charge in [-0.25, -0.2) is 9.36 Å². The number of phosphoric ester groups is 1. The van der Waals surface area contributed by atoms with Crippen LogP contribution in [-0.4, -0.2) is 61.7 Å². The van der Waals surface area contributed by atoms with Crippen LogP contribution in [0.25, 0.3) is 6.08 Å². The standard InChI is InChI=1S/C48H56NO12P/c1-27(2)14-13-21-46(9)22-20-34-39(58-46)33(18-17-28(3)4)40-37(41(34)60-62(54,55)56)38(50)35-24-32-25-36-45(7,8)61-47(42(32)51,48(35,36)59-40)23-19-29(5)43(52)49-30(6)44(53)57-26-31-15-11-10-12-16-31/h10-12,14-17,19-20,22,24,30,32,36H,13,18,21,23,25-26H2,1-9H3,(H,49,52)(H2,54,55,56)/b29-19-. The molecule has 6 unspecified atom stereocenters. The highest BCUT2D eigenvalue weighted by molar-refractivity contribution is 7.46. The largest absolute Gasteiger partial charge is 0.524 e. The number of carbonyl (C=O) groups is 4. The maximum absolute atomic E-state index is 15.3. The third-order valence-electron chi connectivity index (χ3n) is 12.6. The van der Waals surface area contributed by atoms with Gasteiger partial charge in [-0.2, -0.15) is 0 Å². The first kappa shape index (κ1) is 45.0. The van der Waals surface area contributed by atoms with Crippen LogP contribution in [0.15, 0.2) is 83.0 Å². The average Bonchev–Trinajstić information content (AvgIpc) is 3.34. The predicted octanol–water partition coefficient (Wildman–Crippen LogP) is 8.17. The van der Waals surface area contributed by atoms with Crippen LogP contribution in [0.2, 0.25) is 0 Å². The number of nitrogens with one attached hydrogen (secondary N) is 1. The maximum Gasteiger partial charge on any atom is 0.524 e. The Balaban J connectivity index is 1.32. The normalized spacial score (nSPS) is 26.8. The molecule has 2 fully saturated rings. The molecule has 1 spiro atoms. The molecule has 3 aliphatic heterocycles. The van der Waals surface area contributed by atoms with Crippen LogP contribution < -0.4 is 19.3 Å². The minimum atomic E-state index is -5.28. The second-order valence-electron chi connectivity index (χ2n) is 18.3. The molecule has 2 aromatic carbocycles. The number of Topliss-reactive ketones (excluding diaryl/α,β-unsaturated/α-hetero) is 2. The Labute approximate surface area is 362 Å². The van der Waals surface area contributed by atoms with Gasteiger partial charge in [0.15, 0.2) is 28.5 Å². The van der Waals surface area contributed by atoms with E-state index in [1.807, 2.05) is 84.9 Å². The highest BCUT2D eigenvalue weighted by atomic mass is 31.2. The molecule has 6 atom stereocenters. The third kappa shape index (κ3) is 7.93. The molecule has 14 heteroatoms. The molecule has 1 saturated carbocycles. The number of hydrogen-bond acceptors (Lipinski definition) is 10. The molecule has 3 heterocycles. The van der Waals surface area contributed by atoms with Gasteiger partial charge in [0.05, 0.1) is 11.2 Å². The molecule has 330 valence electrons. The second-order valence-corrected chi connectivity index (χ2v) is 19.5. The van der Waals surface area contributed by atoms with E-state index in [-0.39, 0.29) is 64.8 Å². The predicted molar refractivity (Wildman–Crippen MR) is 231 cm³/mol. The Hall–Kier alpha value is -5.07. The molecular formula is C48H56NO12P. The summed E-state index contributed by atoms with van der Waals surface area (Å²) in [5, 5.41) is 2.68. The minimum Gasteiger partial charge on any atom is -0.482 e. The van der Waals surface area contributed by atoms with Gasteiger partial charge < -0.3 is 28.8 Å². The minimum absolute atomic E-state index is 0.0149. The maximum atomic E-state index is 15.3. The topological polar surface area (TPSA) is 184 Å². The first-order valence-electron chi connectivity index (χ1n) is 21.0. The number of benzene rings is 2. The molecule has 0 radical (unpaired) electrons. The zero-order chi connectivity index (χ0) is 45.2. The van der Waals surface area contributed by atoms with Crippen molar-refractivity contribution in [2.75, 3.05) is 0 Å². The lowest BCUT2D eigenvalue weighted by atomic mass is 9.51. The van der Waals surface area contributed by atoms with Gasteiger partial charge in [0.25, 0.3) is 0 Å². The fraction of sp³-hybridized carbons (Fsp3) is 0.458. The lowest BCUT2D eigenvalue weighted by molar-refractivity contribution is -0.171. The van der Waals surface area contributed by atoms with Crippen LogP contribution in [0.5, 0.6) is 17.2 Å². The number of rotatable bonds is 14. The Bertz CT molecular complexity index is 2430. The monoisotopic (exact) mass is 869 g/mol. The number of phosphoric acid groups is 1. The van der Waals surface area contributed by atoms with Crippen molar-refractivity contribution in [2.24, 2.45) is 11.8 Å². The molecular weight excluding hydrogens is 813 g/mol. The van der Waals surface area contributed by atoms with Gasteiger partial charge in [-0.05, 0) is 106 Å². The Morgan fingerprint density at radius 1 is 0.984 bits per heavy atom. The first-order chi connectivity index (χ1) is 29.0. The molecule has 3 aliphatic carbocycles. The van der Waals surface area contributed by atoms with Crippen LogP contribution >= 0.6 is 7.82 Å². The fourth-order valence-electron chi connectivity index (χ4n) is 9.60. The summed E-state index contributed by atoms with van der Waals surface area (Å²) in [6.45, 7) is 16.6. The highest BCUT2D eigenvalue weighted by Crippen LogP contribution is 2.69. The summed E-state index contributed by atoms with van der Waals surface area (Å²) in [5.74, 6) is -3.59. The van der Waals surface area contributed by atoms with E-state index in [9.17, 15) is 28.7 Å². The Morgan fingerprint density at radius 3 is 2.34 bits per heavy atom. The van der Waals surface area contributed by atoms with Crippen LogP contribution in [0.1, 0.15) is 115 Å². The van der Waals surface area contributed by atoms with Crippen molar-refractivity contribution in [3.05, 3.63) is 105 Å². The van der Waals surface area contributed by atoms with Crippen molar-refractivity contribution in [1.29, 1.82) is 0 Å². The molecule has 62 heavy (non-hydrogen) atoms. The van der Waals surface area contributed by atoms with Gasteiger partial charge in [-0.15, -0.1) is 0 Å². The van der Waals surface area contributed by atoms with Crippen LogP contribution in [0.3, 0.4) is 0 Å². The van der Waals surface area contributed by atoms with E-state index in [4.69, 9.17) is 23.5 Å². The summed E-state index contributed by atoms with van der Waals surface area (Å²) in [6.07, 6.45) is 12.3. The van der Waals surface area contributed by atoms with Gasteiger partial charge in [0.2, 0.25) is 5.91 Å². The van der Waals surface area contributed by atoms with E-state index >= 15 is 4.79 Å². The molecule has 1 amide bonds. The van der Waals surface area contributed by atoms with Crippen LogP contribution in [0, 0.1) is 11.8 Å². The lowest BCUT2D eigenvalue weighted by Crippen LogP contribution is -2.72. The van der Waals surface area contributed by atoms with E-state index in [0.717, 1.165) is 16.7 Å². The Kier molecular flexibility index (Phi) is 11.8. The van der Waals surface area contributed by atoms with Gasteiger partial charge in [-0.3, -0.25) is 24.2 Å². The van der Waals surface area contributed by atoms with Gasteiger partial charge >= 0.3 is 13.8 Å². The fourth-order valence-corrected chi connectivity index (χ4v) is 10.0. The van der Waals surface area contributed by atoms with E-state index in [2.05, 4.69) is 11.4 Å². The summed E-state index contributed by atoms with van der Waals surface area (Å²) in [7, 11) is -5.28. The number of hydrogen-bond donors (Lipinski definition) is 3. The second kappa shape index (κ2) is 16.2. The summed E-state index contributed by atoms with van der Waals surface area (Å²) >= 11 is 0. The first-order valence-corrected chi connectivity index (χ1v) is 22.6. The average molecular weight is 870 g/mol. The molecule has 13 nitrogen and oxygen atoms in total. The number of esters is 1. The molecule has 1 saturated heterocycles. The van der Waals surface area contributed by atoms with Crippen LogP contribution in [0.4, 0.5) is 0 Å². The summed E-state index contributed by atoms with van der Waals surface area (Å²) in [4.78, 5) is 77.2. The van der Waals surface area contributed by atoms with Crippen molar-refractivity contribution in [1.82, 2.24) is 5.32 Å². The summed E-state index contributed by atoms with van der Waals surface area (Å²) in [6, 6.07) is 8.17. The zero-order valence-electron chi connectivity index (χ0n) is 36.7. The van der Waals surface area contributed by atoms with Crippen molar-refractivity contribution >= 4 is 37.3 Å².